The van der Waals surface area contributed by atoms with Crippen LogP contribution in [-0.2, 0) is 18.9 Å². The van der Waals surface area contributed by atoms with Crippen molar-refractivity contribution >= 4 is 11.3 Å². The van der Waals surface area contributed by atoms with Crippen LogP contribution >= 0.6 is 11.3 Å². The van der Waals surface area contributed by atoms with Gasteiger partial charge in [0, 0.05) is 27.9 Å². The fraction of sp³-hybridized carbons (Fsp3) is 0.500. The molecule has 0 atom stereocenters. The van der Waals surface area contributed by atoms with Crippen LogP contribution in [0.5, 0.6) is 0 Å². The summed E-state index contributed by atoms with van der Waals surface area (Å²) in [5.41, 5.74) is 5.91. The van der Waals surface area contributed by atoms with Crippen LogP contribution in [0.4, 0.5) is 0 Å². The monoisotopic (exact) mass is 246 g/mol. The molecule has 0 saturated carbocycles. The minimum Gasteiger partial charge on any atom is -0.268 e. The smallest absolute Gasteiger partial charge is 0.0730 e. The third-order valence-corrected chi connectivity index (χ3v) is 4.97. The molecule has 3 rings (SSSR count). The summed E-state index contributed by atoms with van der Waals surface area (Å²) >= 11 is 1.92. The number of aromatic nitrogens is 2. The first-order valence-corrected chi connectivity index (χ1v) is 6.85. The van der Waals surface area contributed by atoms with Crippen LogP contribution < -0.4 is 0 Å². The maximum Gasteiger partial charge on any atom is 0.0730 e. The van der Waals surface area contributed by atoms with E-state index in [4.69, 9.17) is 0 Å². The molecule has 2 aromatic heterocycles. The number of nitrogens with zero attached hydrogens (tertiary/aromatic N) is 2. The second-order valence-corrected chi connectivity index (χ2v) is 7.09. The topological polar surface area (TPSA) is 17.8 Å². The van der Waals surface area contributed by atoms with Gasteiger partial charge >= 0.3 is 0 Å². The van der Waals surface area contributed by atoms with E-state index in [0.29, 0.717) is 0 Å². The van der Waals surface area contributed by atoms with E-state index in [1.54, 1.807) is 0 Å². The zero-order chi connectivity index (χ0) is 12.4. The van der Waals surface area contributed by atoms with Crippen molar-refractivity contribution < 1.29 is 0 Å². The van der Waals surface area contributed by atoms with Crippen molar-refractivity contribution in [3.63, 3.8) is 0 Å². The second kappa shape index (κ2) is 3.22. The molecule has 0 spiro atoms. The Hall–Kier alpha value is -1.09. The van der Waals surface area contributed by atoms with Crippen LogP contribution in [0.3, 0.4) is 0 Å². The van der Waals surface area contributed by atoms with Crippen molar-refractivity contribution in [2.45, 2.75) is 39.5 Å². The van der Waals surface area contributed by atoms with E-state index in [1.165, 1.54) is 32.1 Å². The molecule has 0 saturated heterocycles. The molecule has 1 aliphatic carbocycles. The van der Waals surface area contributed by atoms with Crippen LogP contribution in [0.15, 0.2) is 6.20 Å². The number of aryl methyl sites for hydroxylation is 3. The van der Waals surface area contributed by atoms with Crippen LogP contribution in [0.2, 0.25) is 0 Å². The summed E-state index contributed by atoms with van der Waals surface area (Å²) in [5.74, 6) is 0. The van der Waals surface area contributed by atoms with Crippen molar-refractivity contribution in [3.8, 4) is 11.3 Å². The average molecular weight is 246 g/mol. The van der Waals surface area contributed by atoms with Gasteiger partial charge in [-0.1, -0.05) is 13.8 Å². The molecule has 0 N–H and O–H groups in total. The Morgan fingerprint density at radius 1 is 1.29 bits per heavy atom. The Bertz CT molecular complexity index is 602. The molecule has 0 radical (unpaired) electrons. The zero-order valence-electron chi connectivity index (χ0n) is 11.1. The van der Waals surface area contributed by atoms with Gasteiger partial charge in [0.1, 0.15) is 0 Å². The van der Waals surface area contributed by atoms with E-state index in [2.05, 4.69) is 39.8 Å². The average Bonchev–Trinajstić information content (AvgIpc) is 2.71. The minimum absolute atomic E-state index is 0.203. The molecule has 0 aliphatic heterocycles. The molecule has 2 aromatic rings. The lowest BCUT2D eigenvalue weighted by Gasteiger charge is -2.31. The number of rotatable bonds is 0. The third kappa shape index (κ3) is 1.35. The molecule has 17 heavy (non-hydrogen) atoms. The fourth-order valence-corrected chi connectivity index (χ4v) is 4.10. The molecule has 1 aliphatic rings. The molecule has 2 heterocycles. The molecule has 0 fully saturated rings. The lowest BCUT2D eigenvalue weighted by Crippen LogP contribution is -2.25. The molecule has 3 heteroatoms. The van der Waals surface area contributed by atoms with Crippen molar-refractivity contribution in [1.82, 2.24) is 9.78 Å². The molecule has 2 nitrogen and oxygen atoms in total. The highest BCUT2D eigenvalue weighted by Gasteiger charge is 2.36. The van der Waals surface area contributed by atoms with Gasteiger partial charge in [-0.05, 0) is 31.2 Å². The predicted octanol–water partition coefficient (Wildman–Crippen LogP) is 3.60. The summed E-state index contributed by atoms with van der Waals surface area (Å²) in [4.78, 5) is 2.90. The van der Waals surface area contributed by atoms with Gasteiger partial charge in [0.25, 0.3) is 0 Å². The Labute approximate surface area is 106 Å². The van der Waals surface area contributed by atoms with Crippen molar-refractivity contribution in [1.29, 1.82) is 0 Å². The summed E-state index contributed by atoms with van der Waals surface area (Å²) < 4.78 is 2.04. The maximum atomic E-state index is 4.46. The molecule has 0 aromatic carbocycles. The Morgan fingerprint density at radius 2 is 2.00 bits per heavy atom. The first-order chi connectivity index (χ1) is 7.92. The summed E-state index contributed by atoms with van der Waals surface area (Å²) in [5, 5.41) is 4.46. The molecule has 0 unspecified atom stereocenters. The van der Waals surface area contributed by atoms with E-state index in [9.17, 15) is 0 Å². The summed E-state index contributed by atoms with van der Waals surface area (Å²) in [6.07, 6.45) is 3.18. The number of fused-ring (bicyclic) bond motifs is 3. The van der Waals surface area contributed by atoms with E-state index >= 15 is 0 Å². The highest BCUT2D eigenvalue weighted by molar-refractivity contribution is 7.12. The molecule has 0 bridgehead atoms. The van der Waals surface area contributed by atoms with Gasteiger partial charge < -0.3 is 0 Å². The quantitative estimate of drug-likeness (QED) is 0.694. The fourth-order valence-electron chi connectivity index (χ4n) is 3.02. The highest BCUT2D eigenvalue weighted by atomic mass is 32.1. The molecular weight excluding hydrogens is 228 g/mol. The first kappa shape index (κ1) is 11.0. The Kier molecular flexibility index (Phi) is 2.09. The van der Waals surface area contributed by atoms with Crippen LogP contribution in [0.1, 0.15) is 34.7 Å². The van der Waals surface area contributed by atoms with Gasteiger partial charge in [-0.2, -0.15) is 5.10 Å². The van der Waals surface area contributed by atoms with Crippen LogP contribution in [-0.4, -0.2) is 9.78 Å². The van der Waals surface area contributed by atoms with Gasteiger partial charge in [-0.15, -0.1) is 11.3 Å². The van der Waals surface area contributed by atoms with E-state index in [-0.39, 0.29) is 5.41 Å². The van der Waals surface area contributed by atoms with E-state index < -0.39 is 0 Å². The number of hydrogen-bond donors (Lipinski definition) is 0. The third-order valence-electron chi connectivity index (χ3n) is 3.91. The molecule has 0 amide bonds. The SMILES string of the molecule is Cc1sc(C)c2c1CC(C)(C)c1cnn(C)c1-2. The largest absolute Gasteiger partial charge is 0.268 e. The van der Waals surface area contributed by atoms with E-state index in [1.807, 2.05) is 22.2 Å². The molecule has 90 valence electrons. The van der Waals surface area contributed by atoms with Gasteiger partial charge in [0.2, 0.25) is 0 Å². The van der Waals surface area contributed by atoms with Crippen molar-refractivity contribution in [2.24, 2.45) is 7.05 Å². The zero-order valence-corrected chi connectivity index (χ0v) is 11.9. The minimum atomic E-state index is 0.203. The molecular formula is C14H18N2S. The maximum absolute atomic E-state index is 4.46. The van der Waals surface area contributed by atoms with Crippen LogP contribution in [0.25, 0.3) is 11.3 Å². The van der Waals surface area contributed by atoms with Gasteiger partial charge in [-0.25, -0.2) is 0 Å². The first-order valence-electron chi connectivity index (χ1n) is 6.03. The number of hydrogen-bond acceptors (Lipinski definition) is 2. The van der Waals surface area contributed by atoms with Crippen molar-refractivity contribution in [2.75, 3.05) is 0 Å². The van der Waals surface area contributed by atoms with Gasteiger partial charge in [0.15, 0.2) is 0 Å². The predicted molar refractivity (Wildman–Crippen MR) is 72.7 cm³/mol. The highest BCUT2D eigenvalue weighted by Crippen LogP contribution is 2.47. The normalized spacial score (nSPS) is 16.8. The lowest BCUT2D eigenvalue weighted by atomic mass is 9.73. The van der Waals surface area contributed by atoms with E-state index in [0.717, 1.165) is 6.42 Å². The van der Waals surface area contributed by atoms with Gasteiger partial charge in [0.05, 0.1) is 11.9 Å². The summed E-state index contributed by atoms with van der Waals surface area (Å²) in [6.45, 7) is 9.12. The van der Waals surface area contributed by atoms with Crippen molar-refractivity contribution in [3.05, 3.63) is 27.1 Å². The van der Waals surface area contributed by atoms with Gasteiger partial charge in [-0.3, -0.25) is 4.68 Å². The lowest BCUT2D eigenvalue weighted by molar-refractivity contribution is 0.516. The number of thiophene rings is 1. The standard InChI is InChI=1S/C14H18N2S/c1-8-10-6-14(3,4)11-7-15-16(5)13(11)12(10)9(2)17-8/h7H,6H2,1-5H3. The summed E-state index contributed by atoms with van der Waals surface area (Å²) in [7, 11) is 2.05. The summed E-state index contributed by atoms with van der Waals surface area (Å²) in [6, 6.07) is 0. The Morgan fingerprint density at radius 3 is 2.71 bits per heavy atom. The second-order valence-electron chi connectivity index (χ2n) is 5.66. The van der Waals surface area contributed by atoms with Crippen LogP contribution in [0, 0.1) is 13.8 Å². The Balaban J connectivity index is 2.40.